The summed E-state index contributed by atoms with van der Waals surface area (Å²) in [5, 5.41) is 15.4. The van der Waals surface area contributed by atoms with Crippen LogP contribution in [-0.2, 0) is 18.2 Å². The van der Waals surface area contributed by atoms with Gasteiger partial charge in [0.05, 0.1) is 13.7 Å². The standard InChI is InChI=1S/C10H21N5O/c1-4-6-11-9(8-16-5-2)7-10-12-14-15(3)13-10/h9,11H,4-8H2,1-3H3. The Morgan fingerprint density at radius 3 is 2.81 bits per heavy atom. The number of ether oxygens (including phenoxy) is 1. The van der Waals surface area contributed by atoms with Gasteiger partial charge in [-0.2, -0.15) is 4.80 Å². The van der Waals surface area contributed by atoms with Gasteiger partial charge in [0.15, 0.2) is 5.82 Å². The molecule has 0 spiro atoms. The van der Waals surface area contributed by atoms with Gasteiger partial charge in [-0.05, 0) is 25.1 Å². The summed E-state index contributed by atoms with van der Waals surface area (Å²) in [6.07, 6.45) is 1.87. The molecule has 1 N–H and O–H groups in total. The quantitative estimate of drug-likeness (QED) is 0.685. The molecule has 0 aliphatic heterocycles. The van der Waals surface area contributed by atoms with Crippen LogP contribution in [0.2, 0.25) is 0 Å². The van der Waals surface area contributed by atoms with E-state index in [4.69, 9.17) is 4.74 Å². The van der Waals surface area contributed by atoms with Crippen molar-refractivity contribution in [2.45, 2.75) is 32.7 Å². The van der Waals surface area contributed by atoms with Crippen LogP contribution >= 0.6 is 0 Å². The van der Waals surface area contributed by atoms with Crippen molar-refractivity contribution in [3.63, 3.8) is 0 Å². The second kappa shape index (κ2) is 7.29. The monoisotopic (exact) mass is 227 g/mol. The molecule has 92 valence electrons. The van der Waals surface area contributed by atoms with Crippen LogP contribution < -0.4 is 5.32 Å². The first-order chi connectivity index (χ1) is 7.76. The summed E-state index contributed by atoms with van der Waals surface area (Å²) >= 11 is 0. The van der Waals surface area contributed by atoms with Gasteiger partial charge in [-0.1, -0.05) is 6.92 Å². The number of nitrogens with zero attached hydrogens (tertiary/aromatic N) is 4. The van der Waals surface area contributed by atoms with Gasteiger partial charge >= 0.3 is 0 Å². The van der Waals surface area contributed by atoms with Crippen LogP contribution in [0, 0.1) is 0 Å². The van der Waals surface area contributed by atoms with Gasteiger partial charge in [0.1, 0.15) is 0 Å². The Labute approximate surface area is 96.4 Å². The van der Waals surface area contributed by atoms with Crippen molar-refractivity contribution in [1.82, 2.24) is 25.5 Å². The van der Waals surface area contributed by atoms with E-state index in [0.29, 0.717) is 6.61 Å². The Hall–Kier alpha value is -1.01. The van der Waals surface area contributed by atoms with E-state index in [1.54, 1.807) is 7.05 Å². The molecule has 0 bridgehead atoms. The molecule has 1 rings (SSSR count). The van der Waals surface area contributed by atoms with Crippen LogP contribution in [0.25, 0.3) is 0 Å². The zero-order valence-electron chi connectivity index (χ0n) is 10.3. The fourth-order valence-corrected chi connectivity index (χ4v) is 1.42. The highest BCUT2D eigenvalue weighted by atomic mass is 16.5. The number of aromatic nitrogens is 4. The SMILES string of the molecule is CCCNC(COCC)Cc1nnn(C)n1. The fourth-order valence-electron chi connectivity index (χ4n) is 1.42. The molecule has 16 heavy (non-hydrogen) atoms. The van der Waals surface area contributed by atoms with E-state index in [1.807, 2.05) is 6.92 Å². The zero-order chi connectivity index (χ0) is 11.8. The molecule has 0 fully saturated rings. The topological polar surface area (TPSA) is 64.9 Å². The van der Waals surface area contributed by atoms with Gasteiger partial charge < -0.3 is 10.1 Å². The Balaban J connectivity index is 2.41. The van der Waals surface area contributed by atoms with Crippen molar-refractivity contribution in [3.05, 3.63) is 5.82 Å². The Kier molecular flexibility index (Phi) is 5.95. The first kappa shape index (κ1) is 13.1. The summed E-state index contributed by atoms with van der Waals surface area (Å²) in [4.78, 5) is 1.48. The highest BCUT2D eigenvalue weighted by Gasteiger charge is 2.12. The lowest BCUT2D eigenvalue weighted by Gasteiger charge is -2.16. The van der Waals surface area contributed by atoms with Crippen LogP contribution in [0.3, 0.4) is 0 Å². The maximum atomic E-state index is 5.43. The second-order valence-electron chi connectivity index (χ2n) is 3.71. The number of hydrogen-bond acceptors (Lipinski definition) is 5. The first-order valence-corrected chi connectivity index (χ1v) is 5.80. The molecule has 0 aliphatic carbocycles. The molecule has 1 unspecified atom stereocenters. The van der Waals surface area contributed by atoms with Crippen LogP contribution in [-0.4, -0.2) is 46.0 Å². The minimum atomic E-state index is 0.268. The molecule has 0 aromatic carbocycles. The number of nitrogens with one attached hydrogen (secondary N) is 1. The van der Waals surface area contributed by atoms with Crippen LogP contribution in [0.15, 0.2) is 0 Å². The molecule has 6 heteroatoms. The molecule has 0 saturated carbocycles. The Bertz CT molecular complexity index is 280. The molecule has 1 atom stereocenters. The molecule has 1 heterocycles. The highest BCUT2D eigenvalue weighted by Crippen LogP contribution is 1.96. The summed E-state index contributed by atoms with van der Waals surface area (Å²) in [5.74, 6) is 0.760. The predicted octanol–water partition coefficient (Wildman–Crippen LogP) is 0.157. The van der Waals surface area contributed by atoms with E-state index < -0.39 is 0 Å². The van der Waals surface area contributed by atoms with E-state index in [1.165, 1.54) is 4.80 Å². The van der Waals surface area contributed by atoms with Crippen molar-refractivity contribution in [3.8, 4) is 0 Å². The normalized spacial score (nSPS) is 12.9. The summed E-state index contributed by atoms with van der Waals surface area (Å²) in [6.45, 7) is 6.55. The van der Waals surface area contributed by atoms with Gasteiger partial charge in [0.2, 0.25) is 0 Å². The Morgan fingerprint density at radius 2 is 2.25 bits per heavy atom. The minimum Gasteiger partial charge on any atom is -0.380 e. The van der Waals surface area contributed by atoms with Crippen molar-refractivity contribution in [2.24, 2.45) is 7.05 Å². The number of tetrazole rings is 1. The fraction of sp³-hybridized carbons (Fsp3) is 0.900. The summed E-state index contributed by atoms with van der Waals surface area (Å²) in [7, 11) is 1.77. The van der Waals surface area contributed by atoms with Crippen molar-refractivity contribution in [1.29, 1.82) is 0 Å². The van der Waals surface area contributed by atoms with Gasteiger partial charge in [-0.3, -0.25) is 0 Å². The average molecular weight is 227 g/mol. The maximum Gasteiger partial charge on any atom is 0.176 e. The number of hydrogen-bond donors (Lipinski definition) is 1. The summed E-state index contributed by atoms with van der Waals surface area (Å²) < 4.78 is 5.43. The van der Waals surface area contributed by atoms with Crippen molar-refractivity contribution >= 4 is 0 Å². The second-order valence-corrected chi connectivity index (χ2v) is 3.71. The Morgan fingerprint density at radius 1 is 1.44 bits per heavy atom. The molecular formula is C10H21N5O. The third-order valence-electron chi connectivity index (χ3n) is 2.18. The lowest BCUT2D eigenvalue weighted by Crippen LogP contribution is -2.36. The third kappa shape index (κ3) is 4.67. The predicted molar refractivity (Wildman–Crippen MR) is 61.1 cm³/mol. The van der Waals surface area contributed by atoms with E-state index >= 15 is 0 Å². The molecular weight excluding hydrogens is 206 g/mol. The van der Waals surface area contributed by atoms with E-state index in [2.05, 4.69) is 27.7 Å². The first-order valence-electron chi connectivity index (χ1n) is 5.80. The molecule has 0 radical (unpaired) electrons. The van der Waals surface area contributed by atoms with E-state index in [9.17, 15) is 0 Å². The molecule has 6 nitrogen and oxygen atoms in total. The molecule has 0 amide bonds. The van der Waals surface area contributed by atoms with Gasteiger partial charge in [-0.15, -0.1) is 10.2 Å². The summed E-state index contributed by atoms with van der Waals surface area (Å²) in [6, 6.07) is 0.268. The average Bonchev–Trinajstić information content (AvgIpc) is 2.68. The van der Waals surface area contributed by atoms with Crippen molar-refractivity contribution < 1.29 is 4.74 Å². The third-order valence-corrected chi connectivity index (χ3v) is 2.18. The minimum absolute atomic E-state index is 0.268. The number of rotatable bonds is 8. The van der Waals surface area contributed by atoms with Gasteiger partial charge in [-0.25, -0.2) is 0 Å². The van der Waals surface area contributed by atoms with Crippen molar-refractivity contribution in [2.75, 3.05) is 19.8 Å². The number of aryl methyl sites for hydroxylation is 1. The van der Waals surface area contributed by atoms with E-state index in [0.717, 1.165) is 31.8 Å². The highest BCUT2D eigenvalue weighted by molar-refractivity contribution is 4.84. The van der Waals surface area contributed by atoms with Crippen LogP contribution in [0.5, 0.6) is 0 Å². The van der Waals surface area contributed by atoms with Gasteiger partial charge in [0, 0.05) is 19.1 Å². The lowest BCUT2D eigenvalue weighted by molar-refractivity contribution is 0.122. The van der Waals surface area contributed by atoms with Crippen LogP contribution in [0.4, 0.5) is 0 Å². The van der Waals surface area contributed by atoms with Gasteiger partial charge in [0.25, 0.3) is 0 Å². The molecule has 1 aromatic rings. The lowest BCUT2D eigenvalue weighted by atomic mass is 10.2. The summed E-state index contributed by atoms with van der Waals surface area (Å²) in [5.41, 5.74) is 0. The maximum absolute atomic E-state index is 5.43. The molecule has 0 saturated heterocycles. The largest absolute Gasteiger partial charge is 0.380 e. The molecule has 0 aliphatic rings. The van der Waals surface area contributed by atoms with Crippen LogP contribution in [0.1, 0.15) is 26.1 Å². The van der Waals surface area contributed by atoms with E-state index in [-0.39, 0.29) is 6.04 Å². The molecule has 1 aromatic heterocycles. The smallest absolute Gasteiger partial charge is 0.176 e. The zero-order valence-corrected chi connectivity index (χ0v) is 10.3.